The molecule has 1 aromatic heterocycles. The minimum atomic E-state index is -0.436. The third-order valence-electron chi connectivity index (χ3n) is 4.52. The molecule has 1 aliphatic heterocycles. The topological polar surface area (TPSA) is 63.7 Å². The summed E-state index contributed by atoms with van der Waals surface area (Å²) in [6, 6.07) is 10.0. The molecule has 2 aromatic rings. The molecule has 1 N–H and O–H groups in total. The van der Waals surface area contributed by atoms with Gasteiger partial charge in [-0.3, -0.25) is 4.98 Å². The van der Waals surface area contributed by atoms with E-state index in [1.807, 2.05) is 32.0 Å². The Balaban J connectivity index is 1.60. The minimum Gasteiger partial charge on any atom is -0.487 e. The molecule has 7 heteroatoms. The van der Waals surface area contributed by atoms with Crippen molar-refractivity contribution in [2.45, 2.75) is 39.1 Å². The fraction of sp³-hybridized carbons (Fsp3) is 0.400. The number of ether oxygens (including phenoxy) is 2. The molecule has 27 heavy (non-hydrogen) atoms. The largest absolute Gasteiger partial charge is 0.487 e. The van der Waals surface area contributed by atoms with Gasteiger partial charge in [0, 0.05) is 36.9 Å². The summed E-state index contributed by atoms with van der Waals surface area (Å²) in [7, 11) is 0. The second kappa shape index (κ2) is 8.81. The number of amides is 1. The van der Waals surface area contributed by atoms with Crippen molar-refractivity contribution in [2.24, 2.45) is 0 Å². The van der Waals surface area contributed by atoms with Gasteiger partial charge in [-0.25, -0.2) is 9.18 Å². The summed E-state index contributed by atoms with van der Waals surface area (Å²) in [6.45, 7) is 5.47. The number of benzene rings is 1. The Bertz CT molecular complexity index is 762. The highest BCUT2D eigenvalue weighted by atomic mass is 19.1. The molecule has 1 saturated heterocycles. The van der Waals surface area contributed by atoms with E-state index in [0.717, 1.165) is 5.69 Å². The van der Waals surface area contributed by atoms with Crippen molar-refractivity contribution in [3.8, 4) is 5.75 Å². The predicted molar refractivity (Wildman–Crippen MR) is 98.8 cm³/mol. The van der Waals surface area contributed by atoms with Crippen molar-refractivity contribution in [3.63, 3.8) is 0 Å². The number of nitrogens with zero attached hydrogens (tertiary/aromatic N) is 2. The standard InChI is InChI=1S/C20H24FN3O3/c1-14-10-22-11-15(2)24(14)20(25)27-12-16-9-18(6-7-19(16)21)26-13-17-5-3-4-8-23-17/h3-9,14-15,22H,10-13H2,1-2H3/t14-,15+. The normalized spacial score (nSPS) is 19.6. The molecule has 144 valence electrons. The number of nitrogens with one attached hydrogen (secondary N) is 1. The Kier molecular flexibility index (Phi) is 6.24. The molecule has 0 saturated carbocycles. The highest BCUT2D eigenvalue weighted by molar-refractivity contribution is 5.68. The van der Waals surface area contributed by atoms with Gasteiger partial charge in [0.25, 0.3) is 0 Å². The lowest BCUT2D eigenvalue weighted by molar-refractivity contribution is 0.0557. The summed E-state index contributed by atoms with van der Waals surface area (Å²) in [4.78, 5) is 18.3. The van der Waals surface area contributed by atoms with Gasteiger partial charge in [-0.2, -0.15) is 0 Å². The van der Waals surface area contributed by atoms with Crippen LogP contribution >= 0.6 is 0 Å². The van der Waals surface area contributed by atoms with Crippen LogP contribution < -0.4 is 10.1 Å². The van der Waals surface area contributed by atoms with Gasteiger partial charge < -0.3 is 19.7 Å². The Morgan fingerprint density at radius 1 is 1.22 bits per heavy atom. The van der Waals surface area contributed by atoms with E-state index in [1.165, 1.54) is 6.07 Å². The van der Waals surface area contributed by atoms with Crippen LogP contribution in [0, 0.1) is 5.82 Å². The number of carbonyl (C=O) groups excluding carboxylic acids is 1. The van der Waals surface area contributed by atoms with Crippen LogP contribution in [-0.4, -0.2) is 41.2 Å². The maximum atomic E-state index is 14.1. The molecule has 1 amide bonds. The minimum absolute atomic E-state index is 0.0270. The number of hydrogen-bond donors (Lipinski definition) is 1. The Hall–Kier alpha value is -2.67. The molecule has 1 aromatic carbocycles. The van der Waals surface area contributed by atoms with Crippen LogP contribution in [0.25, 0.3) is 0 Å². The van der Waals surface area contributed by atoms with Crippen LogP contribution in [-0.2, 0) is 18.0 Å². The predicted octanol–water partition coefficient (Wildman–Crippen LogP) is 3.12. The van der Waals surface area contributed by atoms with Crippen molar-refractivity contribution >= 4 is 6.09 Å². The van der Waals surface area contributed by atoms with E-state index in [2.05, 4.69) is 10.3 Å². The number of pyridine rings is 1. The molecule has 0 aliphatic carbocycles. The van der Waals surface area contributed by atoms with Crippen LogP contribution in [0.1, 0.15) is 25.1 Å². The quantitative estimate of drug-likeness (QED) is 0.872. The molecule has 1 aliphatic rings. The van der Waals surface area contributed by atoms with Gasteiger partial charge in [0.2, 0.25) is 0 Å². The zero-order valence-corrected chi connectivity index (χ0v) is 15.5. The van der Waals surface area contributed by atoms with Gasteiger partial charge in [0.15, 0.2) is 0 Å². The van der Waals surface area contributed by atoms with E-state index in [1.54, 1.807) is 23.2 Å². The average Bonchev–Trinajstić information content (AvgIpc) is 2.67. The van der Waals surface area contributed by atoms with Crippen LogP contribution in [0.3, 0.4) is 0 Å². The monoisotopic (exact) mass is 373 g/mol. The lowest BCUT2D eigenvalue weighted by Crippen LogP contribution is -2.57. The van der Waals surface area contributed by atoms with Gasteiger partial charge in [-0.15, -0.1) is 0 Å². The van der Waals surface area contributed by atoms with Gasteiger partial charge in [-0.1, -0.05) is 6.07 Å². The van der Waals surface area contributed by atoms with Gasteiger partial charge in [-0.05, 0) is 44.2 Å². The number of halogens is 1. The second-order valence-corrected chi connectivity index (χ2v) is 6.68. The molecular weight excluding hydrogens is 349 g/mol. The summed E-state index contributed by atoms with van der Waals surface area (Å²) in [5.74, 6) is 0.0615. The molecule has 3 rings (SSSR count). The Morgan fingerprint density at radius 2 is 2.00 bits per heavy atom. The third kappa shape index (κ3) is 4.95. The third-order valence-corrected chi connectivity index (χ3v) is 4.52. The SMILES string of the molecule is C[C@@H]1CNC[C@H](C)N1C(=O)OCc1cc(OCc2ccccn2)ccc1F. The summed E-state index contributed by atoms with van der Waals surface area (Å²) < 4.78 is 25.1. The fourth-order valence-corrected chi connectivity index (χ4v) is 3.10. The zero-order chi connectivity index (χ0) is 19.2. The van der Waals surface area contributed by atoms with Gasteiger partial charge >= 0.3 is 6.09 Å². The van der Waals surface area contributed by atoms with Crippen molar-refractivity contribution in [1.82, 2.24) is 15.2 Å². The number of aromatic nitrogens is 1. The average molecular weight is 373 g/mol. The van der Waals surface area contributed by atoms with E-state index in [-0.39, 0.29) is 30.9 Å². The first kappa shape index (κ1) is 19.1. The van der Waals surface area contributed by atoms with E-state index in [4.69, 9.17) is 9.47 Å². The van der Waals surface area contributed by atoms with E-state index >= 15 is 0 Å². The van der Waals surface area contributed by atoms with Crippen LogP contribution in [0.4, 0.5) is 9.18 Å². The number of carbonyl (C=O) groups is 1. The van der Waals surface area contributed by atoms with E-state index in [0.29, 0.717) is 18.8 Å². The number of hydrogen-bond acceptors (Lipinski definition) is 5. The molecular formula is C20H24FN3O3. The van der Waals surface area contributed by atoms with Crippen LogP contribution in [0.15, 0.2) is 42.6 Å². The maximum absolute atomic E-state index is 14.1. The first-order valence-corrected chi connectivity index (χ1v) is 9.01. The molecule has 0 unspecified atom stereocenters. The fourth-order valence-electron chi connectivity index (χ4n) is 3.10. The van der Waals surface area contributed by atoms with Crippen LogP contribution in [0.5, 0.6) is 5.75 Å². The molecule has 6 nitrogen and oxygen atoms in total. The summed E-state index contributed by atoms with van der Waals surface area (Å²) in [6.07, 6.45) is 1.25. The molecule has 2 heterocycles. The first-order valence-electron chi connectivity index (χ1n) is 9.01. The molecule has 0 radical (unpaired) electrons. The van der Waals surface area contributed by atoms with Crippen LogP contribution in [0.2, 0.25) is 0 Å². The molecule has 0 bridgehead atoms. The van der Waals surface area contributed by atoms with E-state index in [9.17, 15) is 9.18 Å². The second-order valence-electron chi connectivity index (χ2n) is 6.68. The summed E-state index contributed by atoms with van der Waals surface area (Å²) in [5.41, 5.74) is 1.05. The summed E-state index contributed by atoms with van der Waals surface area (Å²) in [5, 5.41) is 3.26. The van der Waals surface area contributed by atoms with Crippen molar-refractivity contribution in [1.29, 1.82) is 0 Å². The maximum Gasteiger partial charge on any atom is 0.410 e. The first-order chi connectivity index (χ1) is 13.0. The lowest BCUT2D eigenvalue weighted by atomic mass is 10.1. The smallest absolute Gasteiger partial charge is 0.410 e. The zero-order valence-electron chi connectivity index (χ0n) is 15.5. The molecule has 0 spiro atoms. The Morgan fingerprint density at radius 3 is 2.70 bits per heavy atom. The van der Waals surface area contributed by atoms with Crippen molar-refractivity contribution < 1.29 is 18.7 Å². The number of piperazine rings is 1. The van der Waals surface area contributed by atoms with Crippen molar-refractivity contribution in [3.05, 3.63) is 59.7 Å². The summed E-state index contributed by atoms with van der Waals surface area (Å²) >= 11 is 0. The van der Waals surface area contributed by atoms with Crippen molar-refractivity contribution in [2.75, 3.05) is 13.1 Å². The molecule has 2 atom stereocenters. The van der Waals surface area contributed by atoms with Gasteiger partial charge in [0.05, 0.1) is 5.69 Å². The Labute approximate surface area is 158 Å². The number of rotatable bonds is 5. The highest BCUT2D eigenvalue weighted by Gasteiger charge is 2.30. The molecule has 1 fully saturated rings. The van der Waals surface area contributed by atoms with E-state index < -0.39 is 11.9 Å². The lowest BCUT2D eigenvalue weighted by Gasteiger charge is -2.38. The van der Waals surface area contributed by atoms with Gasteiger partial charge in [0.1, 0.15) is 24.8 Å². The highest BCUT2D eigenvalue weighted by Crippen LogP contribution is 2.20.